The average molecular weight is 276 g/mol. The van der Waals surface area contributed by atoms with Gasteiger partial charge in [0.2, 0.25) is 0 Å². The smallest absolute Gasteiger partial charge is 0.310 e. The van der Waals surface area contributed by atoms with Crippen molar-refractivity contribution in [1.82, 2.24) is 0 Å². The highest BCUT2D eigenvalue weighted by molar-refractivity contribution is 8.13. The number of benzene rings is 1. The Bertz CT molecular complexity index is 494. The highest BCUT2D eigenvalue weighted by Gasteiger charge is 2.02. The molecule has 0 aliphatic carbocycles. The van der Waals surface area contributed by atoms with Crippen molar-refractivity contribution in [1.29, 1.82) is 0 Å². The number of esters is 1. The first-order valence-corrected chi connectivity index (χ1v) is 6.97. The standard InChI is InChI=1S/C15H16O3S/c1-3-18-15(17)11-14-8-6-13(7-9-14)5-4-10-19-12(2)16/h6-9H,3,10-11H2,1-2H3. The Hall–Kier alpha value is -1.73. The van der Waals surface area contributed by atoms with Crippen molar-refractivity contribution in [2.45, 2.75) is 20.3 Å². The van der Waals surface area contributed by atoms with Crippen LogP contribution < -0.4 is 0 Å². The zero-order valence-electron chi connectivity index (χ0n) is 11.1. The van der Waals surface area contributed by atoms with Crippen LogP contribution in [0.5, 0.6) is 0 Å². The first kappa shape index (κ1) is 15.3. The van der Waals surface area contributed by atoms with Crippen molar-refractivity contribution in [2.24, 2.45) is 0 Å². The lowest BCUT2D eigenvalue weighted by molar-refractivity contribution is -0.142. The number of carbonyl (C=O) groups excluding carboxylic acids is 2. The number of carbonyl (C=O) groups is 2. The van der Waals surface area contributed by atoms with Gasteiger partial charge in [-0.1, -0.05) is 35.7 Å². The van der Waals surface area contributed by atoms with Crippen molar-refractivity contribution >= 4 is 22.8 Å². The predicted molar refractivity (Wildman–Crippen MR) is 76.8 cm³/mol. The van der Waals surface area contributed by atoms with Gasteiger partial charge in [0.25, 0.3) is 0 Å². The van der Waals surface area contributed by atoms with Crippen LogP contribution in [0.2, 0.25) is 0 Å². The Balaban J connectivity index is 2.51. The zero-order valence-corrected chi connectivity index (χ0v) is 11.9. The second kappa shape index (κ2) is 8.39. The Morgan fingerprint density at radius 3 is 2.53 bits per heavy atom. The highest BCUT2D eigenvalue weighted by atomic mass is 32.2. The fourth-order valence-electron chi connectivity index (χ4n) is 1.36. The Morgan fingerprint density at radius 1 is 1.26 bits per heavy atom. The van der Waals surface area contributed by atoms with Crippen LogP contribution in [0.4, 0.5) is 0 Å². The monoisotopic (exact) mass is 276 g/mol. The first-order valence-electron chi connectivity index (χ1n) is 5.98. The van der Waals surface area contributed by atoms with Gasteiger partial charge in [0.1, 0.15) is 0 Å². The molecular weight excluding hydrogens is 260 g/mol. The van der Waals surface area contributed by atoms with Crippen LogP contribution in [0.25, 0.3) is 0 Å². The summed E-state index contributed by atoms with van der Waals surface area (Å²) in [4.78, 5) is 22.0. The van der Waals surface area contributed by atoms with E-state index in [9.17, 15) is 9.59 Å². The fourth-order valence-corrected chi connectivity index (χ4v) is 1.71. The maximum atomic E-state index is 11.3. The van der Waals surface area contributed by atoms with Crippen molar-refractivity contribution in [2.75, 3.05) is 12.4 Å². The van der Waals surface area contributed by atoms with Crippen LogP contribution >= 0.6 is 11.8 Å². The lowest BCUT2D eigenvalue weighted by atomic mass is 10.1. The summed E-state index contributed by atoms with van der Waals surface area (Å²) in [6.45, 7) is 3.71. The fraction of sp³-hybridized carbons (Fsp3) is 0.333. The van der Waals surface area contributed by atoms with E-state index < -0.39 is 0 Å². The van der Waals surface area contributed by atoms with Gasteiger partial charge in [0.15, 0.2) is 5.12 Å². The van der Waals surface area contributed by atoms with Gasteiger partial charge in [-0.3, -0.25) is 9.59 Å². The number of hydrogen-bond donors (Lipinski definition) is 0. The molecule has 0 amide bonds. The summed E-state index contributed by atoms with van der Waals surface area (Å²) in [6, 6.07) is 7.44. The molecule has 0 aliphatic heterocycles. The summed E-state index contributed by atoms with van der Waals surface area (Å²) in [7, 11) is 0. The number of thioether (sulfide) groups is 1. The van der Waals surface area contributed by atoms with E-state index in [2.05, 4.69) is 11.8 Å². The van der Waals surface area contributed by atoms with Gasteiger partial charge in [-0.25, -0.2) is 0 Å². The minimum absolute atomic E-state index is 0.0686. The molecule has 0 aromatic heterocycles. The van der Waals surface area contributed by atoms with E-state index in [1.54, 1.807) is 6.92 Å². The quantitative estimate of drug-likeness (QED) is 0.626. The molecule has 1 rings (SSSR count). The van der Waals surface area contributed by atoms with E-state index >= 15 is 0 Å². The summed E-state index contributed by atoms with van der Waals surface area (Å²) in [5.41, 5.74) is 1.78. The Kier molecular flexibility index (Phi) is 6.76. The molecule has 100 valence electrons. The van der Waals surface area contributed by atoms with Gasteiger partial charge >= 0.3 is 5.97 Å². The largest absolute Gasteiger partial charge is 0.466 e. The predicted octanol–water partition coefficient (Wildman–Crippen LogP) is 2.42. The highest BCUT2D eigenvalue weighted by Crippen LogP contribution is 2.05. The van der Waals surface area contributed by atoms with Gasteiger partial charge in [-0.05, 0) is 24.6 Å². The van der Waals surface area contributed by atoms with Crippen LogP contribution in [0, 0.1) is 11.8 Å². The van der Waals surface area contributed by atoms with Crippen molar-refractivity contribution in [3.8, 4) is 11.8 Å². The van der Waals surface area contributed by atoms with Crippen LogP contribution in [0.15, 0.2) is 24.3 Å². The minimum atomic E-state index is -0.223. The molecule has 3 nitrogen and oxygen atoms in total. The third kappa shape index (κ3) is 6.68. The summed E-state index contributed by atoms with van der Waals surface area (Å²) in [5, 5.41) is 0.0686. The van der Waals surface area contributed by atoms with Crippen molar-refractivity contribution < 1.29 is 14.3 Å². The van der Waals surface area contributed by atoms with Gasteiger partial charge in [0, 0.05) is 12.5 Å². The van der Waals surface area contributed by atoms with Gasteiger partial charge in [-0.15, -0.1) is 0 Å². The molecule has 0 heterocycles. The third-order valence-corrected chi connectivity index (χ3v) is 2.88. The van der Waals surface area contributed by atoms with Crippen molar-refractivity contribution in [3.05, 3.63) is 35.4 Å². The van der Waals surface area contributed by atoms with E-state index in [1.165, 1.54) is 18.7 Å². The molecule has 0 radical (unpaired) electrons. The molecule has 1 aromatic rings. The molecule has 4 heteroatoms. The van der Waals surface area contributed by atoms with E-state index in [1.807, 2.05) is 24.3 Å². The third-order valence-electron chi connectivity index (χ3n) is 2.19. The maximum Gasteiger partial charge on any atom is 0.310 e. The number of rotatable bonds is 4. The summed E-state index contributed by atoms with van der Waals surface area (Å²) < 4.78 is 4.88. The molecule has 0 bridgehead atoms. The Labute approximate surface area is 117 Å². The maximum absolute atomic E-state index is 11.3. The van der Waals surface area contributed by atoms with Gasteiger partial charge < -0.3 is 4.74 Å². The first-order chi connectivity index (χ1) is 9.11. The normalized spacial score (nSPS) is 9.37. The summed E-state index contributed by atoms with van der Waals surface area (Å²) in [6.07, 6.45) is 0.280. The molecular formula is C15H16O3S. The molecule has 0 fully saturated rings. The lowest BCUT2D eigenvalue weighted by Gasteiger charge is -2.01. The molecule has 0 aliphatic rings. The average Bonchev–Trinajstić information content (AvgIpc) is 2.36. The summed E-state index contributed by atoms with van der Waals surface area (Å²) in [5.74, 6) is 6.16. The van der Waals surface area contributed by atoms with E-state index in [-0.39, 0.29) is 17.5 Å². The molecule has 1 aromatic carbocycles. The lowest BCUT2D eigenvalue weighted by Crippen LogP contribution is -2.07. The van der Waals surface area contributed by atoms with E-state index in [0.717, 1.165) is 11.1 Å². The second-order valence-corrected chi connectivity index (χ2v) is 4.91. The topological polar surface area (TPSA) is 43.4 Å². The van der Waals surface area contributed by atoms with E-state index in [0.29, 0.717) is 12.4 Å². The van der Waals surface area contributed by atoms with Crippen LogP contribution in [-0.2, 0) is 20.7 Å². The van der Waals surface area contributed by atoms with Crippen LogP contribution in [-0.4, -0.2) is 23.4 Å². The summed E-state index contributed by atoms with van der Waals surface area (Å²) >= 11 is 1.19. The zero-order chi connectivity index (χ0) is 14.1. The molecule has 19 heavy (non-hydrogen) atoms. The number of hydrogen-bond acceptors (Lipinski definition) is 4. The van der Waals surface area contributed by atoms with Gasteiger partial charge in [0.05, 0.1) is 18.8 Å². The van der Waals surface area contributed by atoms with Crippen LogP contribution in [0.3, 0.4) is 0 Å². The Morgan fingerprint density at radius 2 is 1.95 bits per heavy atom. The number of ether oxygens (including phenoxy) is 1. The molecule has 0 saturated carbocycles. The van der Waals surface area contributed by atoms with E-state index in [4.69, 9.17) is 4.74 Å². The molecule has 0 unspecified atom stereocenters. The molecule has 0 spiro atoms. The SMILES string of the molecule is CCOC(=O)Cc1ccc(C#CCSC(C)=O)cc1. The molecule has 0 atom stereocenters. The molecule has 0 N–H and O–H groups in total. The second-order valence-electron chi connectivity index (χ2n) is 3.76. The minimum Gasteiger partial charge on any atom is -0.466 e. The molecule has 0 saturated heterocycles. The van der Waals surface area contributed by atoms with Gasteiger partial charge in [-0.2, -0.15) is 0 Å². The van der Waals surface area contributed by atoms with Crippen molar-refractivity contribution in [3.63, 3.8) is 0 Å². The van der Waals surface area contributed by atoms with Crippen LogP contribution in [0.1, 0.15) is 25.0 Å².